The standard InChI is InChI=1S/C16H13ClN2O3/c17-13-5-6-15-18-14(8-19(15)7-13)10-22-16(21)12-3-1-11(9-20)2-4-12/h1-8,20H,9-10H2. The Bertz CT molecular complexity index is 812. The van der Waals surface area contributed by atoms with Crippen LogP contribution in [0.4, 0.5) is 0 Å². The van der Waals surface area contributed by atoms with Crippen molar-refractivity contribution in [1.82, 2.24) is 9.38 Å². The van der Waals surface area contributed by atoms with Crippen LogP contribution >= 0.6 is 11.6 Å². The minimum atomic E-state index is -0.431. The highest BCUT2D eigenvalue weighted by Crippen LogP contribution is 2.13. The Morgan fingerprint density at radius 2 is 1.95 bits per heavy atom. The maximum atomic E-state index is 11.9. The highest BCUT2D eigenvalue weighted by molar-refractivity contribution is 6.30. The van der Waals surface area contributed by atoms with Crippen molar-refractivity contribution in [2.75, 3.05) is 0 Å². The van der Waals surface area contributed by atoms with E-state index in [0.29, 0.717) is 16.3 Å². The molecule has 0 aliphatic rings. The Balaban J connectivity index is 1.68. The van der Waals surface area contributed by atoms with Gasteiger partial charge in [0.15, 0.2) is 0 Å². The molecule has 6 heteroatoms. The number of hydrogen-bond donors (Lipinski definition) is 1. The van der Waals surface area contributed by atoms with E-state index in [1.54, 1.807) is 53.2 Å². The third kappa shape index (κ3) is 3.10. The number of halogens is 1. The summed E-state index contributed by atoms with van der Waals surface area (Å²) in [5, 5.41) is 9.58. The number of pyridine rings is 1. The summed E-state index contributed by atoms with van der Waals surface area (Å²) in [6, 6.07) is 10.2. The van der Waals surface area contributed by atoms with Crippen molar-refractivity contribution >= 4 is 23.2 Å². The van der Waals surface area contributed by atoms with Crippen LogP contribution in [-0.2, 0) is 18.0 Å². The molecule has 0 spiro atoms. The zero-order valence-electron chi connectivity index (χ0n) is 11.6. The second-order valence-electron chi connectivity index (χ2n) is 4.78. The van der Waals surface area contributed by atoms with E-state index in [1.165, 1.54) is 0 Å². The molecule has 22 heavy (non-hydrogen) atoms. The number of nitrogens with zero attached hydrogens (tertiary/aromatic N) is 2. The normalized spacial score (nSPS) is 10.8. The first kappa shape index (κ1) is 14.6. The van der Waals surface area contributed by atoms with E-state index in [2.05, 4.69) is 4.98 Å². The van der Waals surface area contributed by atoms with Gasteiger partial charge in [-0.05, 0) is 29.8 Å². The topological polar surface area (TPSA) is 63.8 Å². The van der Waals surface area contributed by atoms with Crippen molar-refractivity contribution in [3.05, 3.63) is 70.6 Å². The third-order valence-corrected chi connectivity index (χ3v) is 3.41. The minimum absolute atomic E-state index is 0.0564. The number of ether oxygens (including phenoxy) is 1. The van der Waals surface area contributed by atoms with Gasteiger partial charge < -0.3 is 14.2 Å². The first-order valence-electron chi connectivity index (χ1n) is 6.66. The van der Waals surface area contributed by atoms with Gasteiger partial charge in [-0.25, -0.2) is 9.78 Å². The molecule has 0 aliphatic carbocycles. The molecule has 0 aliphatic heterocycles. The van der Waals surface area contributed by atoms with E-state index in [0.717, 1.165) is 11.2 Å². The molecule has 3 aromatic rings. The lowest BCUT2D eigenvalue weighted by atomic mass is 10.1. The summed E-state index contributed by atoms with van der Waals surface area (Å²) in [6.45, 7) is 0.0268. The summed E-state index contributed by atoms with van der Waals surface area (Å²) >= 11 is 5.91. The molecule has 5 nitrogen and oxygen atoms in total. The van der Waals surface area contributed by atoms with E-state index in [1.807, 2.05) is 0 Å². The molecule has 1 aromatic carbocycles. The van der Waals surface area contributed by atoms with E-state index in [4.69, 9.17) is 21.4 Å². The fraction of sp³-hybridized carbons (Fsp3) is 0.125. The van der Waals surface area contributed by atoms with Crippen molar-refractivity contribution in [3.8, 4) is 0 Å². The molecule has 0 saturated heterocycles. The summed E-state index contributed by atoms with van der Waals surface area (Å²) in [5.74, 6) is -0.431. The highest BCUT2D eigenvalue weighted by atomic mass is 35.5. The zero-order valence-corrected chi connectivity index (χ0v) is 12.3. The second kappa shape index (κ2) is 6.17. The van der Waals surface area contributed by atoms with Crippen molar-refractivity contribution in [2.45, 2.75) is 13.2 Å². The minimum Gasteiger partial charge on any atom is -0.456 e. The summed E-state index contributed by atoms with van der Waals surface area (Å²) in [7, 11) is 0. The number of aromatic nitrogens is 2. The molecule has 0 amide bonds. The average Bonchev–Trinajstić information content (AvgIpc) is 2.94. The van der Waals surface area contributed by atoms with Gasteiger partial charge in [0.2, 0.25) is 0 Å². The van der Waals surface area contributed by atoms with Gasteiger partial charge >= 0.3 is 5.97 Å². The first-order valence-corrected chi connectivity index (χ1v) is 7.03. The molecule has 3 rings (SSSR count). The van der Waals surface area contributed by atoms with Crippen LogP contribution in [0.15, 0.2) is 48.8 Å². The van der Waals surface area contributed by atoms with E-state index < -0.39 is 5.97 Å². The predicted molar refractivity (Wildman–Crippen MR) is 81.7 cm³/mol. The quantitative estimate of drug-likeness (QED) is 0.752. The van der Waals surface area contributed by atoms with Crippen LogP contribution in [0.1, 0.15) is 21.6 Å². The summed E-state index contributed by atoms with van der Waals surface area (Å²) in [4.78, 5) is 16.3. The van der Waals surface area contributed by atoms with Gasteiger partial charge in [0, 0.05) is 12.4 Å². The summed E-state index contributed by atoms with van der Waals surface area (Å²) in [6.07, 6.45) is 3.51. The van der Waals surface area contributed by atoms with Gasteiger partial charge in [-0.1, -0.05) is 23.7 Å². The largest absolute Gasteiger partial charge is 0.456 e. The lowest BCUT2D eigenvalue weighted by molar-refractivity contribution is 0.0468. The van der Waals surface area contributed by atoms with E-state index >= 15 is 0 Å². The van der Waals surface area contributed by atoms with Gasteiger partial charge in [0.05, 0.1) is 22.9 Å². The molecule has 0 radical (unpaired) electrons. The predicted octanol–water partition coefficient (Wildman–Crippen LogP) is 2.84. The fourth-order valence-electron chi connectivity index (χ4n) is 2.06. The molecule has 0 saturated carbocycles. The molecule has 0 unspecified atom stereocenters. The monoisotopic (exact) mass is 316 g/mol. The molecule has 1 N–H and O–H groups in total. The van der Waals surface area contributed by atoms with Crippen molar-refractivity contribution in [3.63, 3.8) is 0 Å². The molecule has 112 valence electrons. The lowest BCUT2D eigenvalue weighted by Gasteiger charge is -2.03. The number of rotatable bonds is 4. The molecular formula is C16H13ClN2O3. The Morgan fingerprint density at radius 1 is 1.18 bits per heavy atom. The Labute approximate surface area is 131 Å². The van der Waals surface area contributed by atoms with E-state index in [-0.39, 0.29) is 13.2 Å². The van der Waals surface area contributed by atoms with Gasteiger partial charge in [0.1, 0.15) is 12.3 Å². The van der Waals surface area contributed by atoms with Crippen molar-refractivity contribution in [1.29, 1.82) is 0 Å². The summed E-state index contributed by atoms with van der Waals surface area (Å²) < 4.78 is 7.02. The summed E-state index contributed by atoms with van der Waals surface area (Å²) in [5.41, 5.74) is 2.56. The van der Waals surface area contributed by atoms with Crippen LogP contribution in [0.5, 0.6) is 0 Å². The Hall–Kier alpha value is -2.37. The van der Waals surface area contributed by atoms with Crippen LogP contribution < -0.4 is 0 Å². The average molecular weight is 317 g/mol. The van der Waals surface area contributed by atoms with Crippen molar-refractivity contribution < 1.29 is 14.6 Å². The van der Waals surface area contributed by atoms with Gasteiger partial charge in [-0.3, -0.25) is 0 Å². The van der Waals surface area contributed by atoms with Crippen molar-refractivity contribution in [2.24, 2.45) is 0 Å². The Kier molecular flexibility index (Phi) is 4.09. The highest BCUT2D eigenvalue weighted by Gasteiger charge is 2.09. The Morgan fingerprint density at radius 3 is 2.68 bits per heavy atom. The van der Waals surface area contributed by atoms with Gasteiger partial charge in [0.25, 0.3) is 0 Å². The van der Waals surface area contributed by atoms with Crippen LogP contribution in [0, 0.1) is 0 Å². The lowest BCUT2D eigenvalue weighted by Crippen LogP contribution is -2.05. The molecule has 0 fully saturated rings. The third-order valence-electron chi connectivity index (χ3n) is 3.19. The number of aliphatic hydroxyl groups is 1. The molecule has 0 bridgehead atoms. The van der Waals surface area contributed by atoms with Crippen LogP contribution in [0.25, 0.3) is 5.65 Å². The number of benzene rings is 1. The second-order valence-corrected chi connectivity index (χ2v) is 5.21. The fourth-order valence-corrected chi connectivity index (χ4v) is 2.22. The molecule has 2 aromatic heterocycles. The van der Waals surface area contributed by atoms with E-state index in [9.17, 15) is 4.79 Å². The maximum Gasteiger partial charge on any atom is 0.338 e. The number of esters is 1. The SMILES string of the molecule is O=C(OCc1cn2cc(Cl)ccc2n1)c1ccc(CO)cc1. The smallest absolute Gasteiger partial charge is 0.338 e. The number of fused-ring (bicyclic) bond motifs is 1. The zero-order chi connectivity index (χ0) is 15.5. The van der Waals surface area contributed by atoms with Crippen LogP contribution in [-0.4, -0.2) is 20.5 Å². The number of imidazole rings is 1. The van der Waals surface area contributed by atoms with Gasteiger partial charge in [-0.15, -0.1) is 0 Å². The molecule has 2 heterocycles. The molecular weight excluding hydrogens is 304 g/mol. The van der Waals surface area contributed by atoms with Crippen LogP contribution in [0.3, 0.4) is 0 Å². The van der Waals surface area contributed by atoms with Crippen LogP contribution in [0.2, 0.25) is 5.02 Å². The number of carbonyl (C=O) groups excluding carboxylic acids is 1. The molecule has 0 atom stereocenters. The van der Waals surface area contributed by atoms with Gasteiger partial charge in [-0.2, -0.15) is 0 Å². The first-order chi connectivity index (χ1) is 10.7. The maximum absolute atomic E-state index is 11.9. The number of aliphatic hydroxyl groups excluding tert-OH is 1. The number of carbonyl (C=O) groups is 1. The number of hydrogen-bond acceptors (Lipinski definition) is 4.